The second-order valence-electron chi connectivity index (χ2n) is 6.10. The number of likely N-dealkylation sites (tertiary alicyclic amines) is 1. The number of halogens is 1. The first kappa shape index (κ1) is 14.9. The van der Waals surface area contributed by atoms with E-state index in [4.69, 9.17) is 4.74 Å². The number of rotatable bonds is 4. The fourth-order valence-corrected chi connectivity index (χ4v) is 6.08. The van der Waals surface area contributed by atoms with Crippen LogP contribution in [0.1, 0.15) is 12.0 Å². The predicted octanol–water partition coefficient (Wildman–Crippen LogP) is 1.46. The van der Waals surface area contributed by atoms with Gasteiger partial charge >= 0.3 is 0 Å². The summed E-state index contributed by atoms with van der Waals surface area (Å²) in [5.74, 6) is 0.0826. The highest BCUT2D eigenvalue weighted by Crippen LogP contribution is 2.45. The van der Waals surface area contributed by atoms with Gasteiger partial charge in [0.05, 0.1) is 12.4 Å². The van der Waals surface area contributed by atoms with Crippen molar-refractivity contribution in [3.8, 4) is 0 Å². The third-order valence-corrected chi connectivity index (χ3v) is 7.35. The highest BCUT2D eigenvalue weighted by Gasteiger charge is 2.61. The molecule has 0 N–H and O–H groups in total. The second-order valence-corrected chi connectivity index (χ2v) is 8.55. The van der Waals surface area contributed by atoms with Crippen LogP contribution in [-0.4, -0.2) is 50.6 Å². The van der Waals surface area contributed by atoms with Crippen LogP contribution in [0.3, 0.4) is 0 Å². The fourth-order valence-electron chi connectivity index (χ4n) is 3.62. The van der Waals surface area contributed by atoms with Crippen molar-refractivity contribution in [1.82, 2.24) is 4.90 Å². The molecule has 4 nitrogen and oxygen atoms in total. The van der Waals surface area contributed by atoms with Crippen LogP contribution in [0.15, 0.2) is 24.3 Å². The van der Waals surface area contributed by atoms with Crippen LogP contribution < -0.4 is 0 Å². The molecule has 116 valence electrons. The molecule has 0 radical (unpaired) electrons. The Kier molecular flexibility index (Phi) is 3.80. The lowest BCUT2D eigenvalue weighted by atomic mass is 9.83. The van der Waals surface area contributed by atoms with Gasteiger partial charge in [0.25, 0.3) is 0 Å². The number of hydrogen-bond donors (Lipinski definition) is 0. The van der Waals surface area contributed by atoms with E-state index in [1.807, 2.05) is 6.07 Å². The quantitative estimate of drug-likeness (QED) is 0.844. The minimum atomic E-state index is -3.05. The molecule has 3 rings (SSSR count). The number of benzene rings is 1. The zero-order valence-corrected chi connectivity index (χ0v) is 12.9. The van der Waals surface area contributed by atoms with Gasteiger partial charge in [0.1, 0.15) is 10.6 Å². The first-order valence-electron chi connectivity index (χ1n) is 7.15. The van der Waals surface area contributed by atoms with Gasteiger partial charge in [0.15, 0.2) is 9.84 Å². The summed E-state index contributed by atoms with van der Waals surface area (Å²) in [6.07, 6.45) is 0.685. The lowest BCUT2D eigenvalue weighted by molar-refractivity contribution is 0.0411. The number of methoxy groups -OCH3 is 1. The Morgan fingerprint density at radius 3 is 2.86 bits per heavy atom. The van der Waals surface area contributed by atoms with Crippen LogP contribution in [0, 0.1) is 11.7 Å². The maximum atomic E-state index is 13.2. The zero-order valence-electron chi connectivity index (χ0n) is 12.1. The summed E-state index contributed by atoms with van der Waals surface area (Å²) in [6, 6.07) is 6.46. The molecule has 2 aliphatic rings. The van der Waals surface area contributed by atoms with E-state index in [2.05, 4.69) is 4.90 Å². The SMILES string of the molecule is COC[C@H]1CCS(=O)(=O)C12CN(Cc1cccc(F)c1)C2. The summed E-state index contributed by atoms with van der Waals surface area (Å²) in [6.45, 7) is 2.14. The van der Waals surface area contributed by atoms with Crippen LogP contribution >= 0.6 is 0 Å². The minimum Gasteiger partial charge on any atom is -0.384 e. The van der Waals surface area contributed by atoms with E-state index in [-0.39, 0.29) is 17.5 Å². The van der Waals surface area contributed by atoms with Crippen LogP contribution in [0.5, 0.6) is 0 Å². The van der Waals surface area contributed by atoms with Gasteiger partial charge in [-0.15, -0.1) is 0 Å². The average molecular weight is 313 g/mol. The van der Waals surface area contributed by atoms with Crippen molar-refractivity contribution in [2.45, 2.75) is 17.7 Å². The lowest BCUT2D eigenvalue weighted by Crippen LogP contribution is -2.67. The van der Waals surface area contributed by atoms with E-state index in [0.29, 0.717) is 32.7 Å². The van der Waals surface area contributed by atoms with Crippen molar-refractivity contribution >= 4 is 9.84 Å². The molecule has 0 amide bonds. The van der Waals surface area contributed by atoms with Crippen molar-refractivity contribution in [2.75, 3.05) is 32.6 Å². The van der Waals surface area contributed by atoms with Crippen LogP contribution in [0.4, 0.5) is 4.39 Å². The second kappa shape index (κ2) is 5.34. The van der Waals surface area contributed by atoms with Gasteiger partial charge in [-0.25, -0.2) is 12.8 Å². The number of ether oxygens (including phenoxy) is 1. The molecule has 0 aromatic heterocycles. The minimum absolute atomic E-state index is 0.0799. The highest BCUT2D eigenvalue weighted by atomic mass is 32.2. The number of nitrogens with zero attached hydrogens (tertiary/aromatic N) is 1. The maximum absolute atomic E-state index is 13.2. The molecule has 0 unspecified atom stereocenters. The summed E-state index contributed by atoms with van der Waals surface area (Å²) in [5, 5.41) is 0. The molecule has 0 saturated carbocycles. The molecule has 1 atom stereocenters. The molecule has 2 fully saturated rings. The molecule has 2 saturated heterocycles. The van der Waals surface area contributed by atoms with Crippen molar-refractivity contribution in [1.29, 1.82) is 0 Å². The van der Waals surface area contributed by atoms with E-state index in [0.717, 1.165) is 5.56 Å². The lowest BCUT2D eigenvalue weighted by Gasteiger charge is -2.50. The summed E-state index contributed by atoms with van der Waals surface area (Å²) >= 11 is 0. The molecule has 6 heteroatoms. The van der Waals surface area contributed by atoms with E-state index in [9.17, 15) is 12.8 Å². The van der Waals surface area contributed by atoms with Gasteiger partial charge in [-0.05, 0) is 24.1 Å². The standard InChI is InChI=1S/C15H20FNO3S/c1-20-9-13-5-6-21(18,19)15(13)10-17(11-15)8-12-3-2-4-14(16)7-12/h2-4,7,13H,5-6,8-11H2,1H3/t13-/m1/s1. The third-order valence-electron chi connectivity index (χ3n) is 4.74. The van der Waals surface area contributed by atoms with Crippen LogP contribution in [0.25, 0.3) is 0 Å². The van der Waals surface area contributed by atoms with E-state index >= 15 is 0 Å². The normalized spacial score (nSPS) is 26.9. The smallest absolute Gasteiger partial charge is 0.158 e. The van der Waals surface area contributed by atoms with Gasteiger partial charge in [0.2, 0.25) is 0 Å². The van der Waals surface area contributed by atoms with Gasteiger partial charge < -0.3 is 4.74 Å². The molecule has 2 heterocycles. The monoisotopic (exact) mass is 313 g/mol. The molecular weight excluding hydrogens is 293 g/mol. The van der Waals surface area contributed by atoms with Crippen LogP contribution in [0.2, 0.25) is 0 Å². The zero-order chi connectivity index (χ0) is 15.1. The Labute approximate surface area is 124 Å². The summed E-state index contributed by atoms with van der Waals surface area (Å²) < 4.78 is 42.5. The third kappa shape index (κ3) is 2.49. The predicted molar refractivity (Wildman–Crippen MR) is 78.2 cm³/mol. The molecule has 21 heavy (non-hydrogen) atoms. The van der Waals surface area contributed by atoms with Crippen molar-refractivity contribution in [3.05, 3.63) is 35.6 Å². The number of hydrogen-bond acceptors (Lipinski definition) is 4. The van der Waals surface area contributed by atoms with E-state index < -0.39 is 14.6 Å². The molecule has 1 spiro atoms. The van der Waals surface area contributed by atoms with Gasteiger partial charge in [-0.1, -0.05) is 12.1 Å². The molecule has 2 aliphatic heterocycles. The summed E-state index contributed by atoms with van der Waals surface area (Å²) in [4.78, 5) is 2.07. The van der Waals surface area contributed by atoms with E-state index in [1.165, 1.54) is 12.1 Å². The molecule has 0 bridgehead atoms. The number of sulfone groups is 1. The van der Waals surface area contributed by atoms with Gasteiger partial charge in [0, 0.05) is 32.7 Å². The van der Waals surface area contributed by atoms with Crippen molar-refractivity contribution in [2.24, 2.45) is 5.92 Å². The maximum Gasteiger partial charge on any atom is 0.158 e. The Morgan fingerprint density at radius 2 is 2.19 bits per heavy atom. The summed E-state index contributed by atoms with van der Waals surface area (Å²) in [5.41, 5.74) is 0.878. The van der Waals surface area contributed by atoms with Crippen molar-refractivity contribution < 1.29 is 17.5 Å². The summed E-state index contributed by atoms with van der Waals surface area (Å²) in [7, 11) is -1.44. The largest absolute Gasteiger partial charge is 0.384 e. The molecule has 0 aliphatic carbocycles. The van der Waals surface area contributed by atoms with E-state index in [1.54, 1.807) is 13.2 Å². The Bertz CT molecular complexity index is 626. The highest BCUT2D eigenvalue weighted by molar-refractivity contribution is 7.93. The Balaban J connectivity index is 1.70. The van der Waals surface area contributed by atoms with Gasteiger partial charge in [-0.2, -0.15) is 0 Å². The van der Waals surface area contributed by atoms with Gasteiger partial charge in [-0.3, -0.25) is 4.90 Å². The molecule has 1 aromatic carbocycles. The molecular formula is C15H20FNO3S. The Morgan fingerprint density at radius 1 is 1.43 bits per heavy atom. The fraction of sp³-hybridized carbons (Fsp3) is 0.600. The van der Waals surface area contributed by atoms with Crippen molar-refractivity contribution in [3.63, 3.8) is 0 Å². The Hall–Kier alpha value is -0.980. The molecule has 1 aromatic rings. The first-order valence-corrected chi connectivity index (χ1v) is 8.80. The average Bonchev–Trinajstić information content (AvgIpc) is 2.63. The topological polar surface area (TPSA) is 46.6 Å². The van der Waals surface area contributed by atoms with Crippen LogP contribution in [-0.2, 0) is 21.1 Å². The first-order chi connectivity index (χ1) is 9.97.